The van der Waals surface area contributed by atoms with Gasteiger partial charge in [-0.1, -0.05) is 12.2 Å². The van der Waals surface area contributed by atoms with Crippen molar-refractivity contribution in [2.75, 3.05) is 19.6 Å². The lowest BCUT2D eigenvalue weighted by Crippen LogP contribution is -2.53. The smallest absolute Gasteiger partial charge is 0.410 e. The molecule has 0 aliphatic carbocycles. The Bertz CT molecular complexity index is 281. The van der Waals surface area contributed by atoms with E-state index < -0.39 is 5.60 Å². The van der Waals surface area contributed by atoms with Crippen LogP contribution in [0.4, 0.5) is 4.79 Å². The van der Waals surface area contributed by atoms with Gasteiger partial charge in [-0.25, -0.2) is 4.79 Å². The average molecular weight is 226 g/mol. The molecule has 0 radical (unpaired) electrons. The molecule has 1 saturated heterocycles. The third-order valence-corrected chi connectivity index (χ3v) is 2.42. The molecule has 0 aromatic carbocycles. The van der Waals surface area contributed by atoms with Gasteiger partial charge in [-0.3, -0.25) is 0 Å². The van der Waals surface area contributed by atoms with Crippen LogP contribution in [0.25, 0.3) is 0 Å². The molecular formula is C12H22N2O2. The van der Waals surface area contributed by atoms with Gasteiger partial charge < -0.3 is 15.0 Å². The van der Waals surface area contributed by atoms with Crippen molar-refractivity contribution in [3.63, 3.8) is 0 Å². The summed E-state index contributed by atoms with van der Waals surface area (Å²) in [6, 6.07) is 0.182. The highest BCUT2D eigenvalue weighted by molar-refractivity contribution is 5.68. The van der Waals surface area contributed by atoms with E-state index in [1.54, 1.807) is 4.90 Å². The first kappa shape index (κ1) is 13.0. The Balaban J connectivity index is 2.54. The number of nitrogens with one attached hydrogen (secondary N) is 1. The first-order valence-electron chi connectivity index (χ1n) is 5.66. The first-order chi connectivity index (χ1) is 7.29. The Labute approximate surface area is 97.6 Å². The van der Waals surface area contributed by atoms with E-state index in [1.165, 1.54) is 0 Å². The van der Waals surface area contributed by atoms with Gasteiger partial charge in [0.05, 0.1) is 0 Å². The van der Waals surface area contributed by atoms with Crippen LogP contribution in [-0.2, 0) is 4.74 Å². The number of rotatable bonds is 1. The van der Waals surface area contributed by atoms with E-state index in [1.807, 2.05) is 27.7 Å². The number of ether oxygens (including phenoxy) is 1. The van der Waals surface area contributed by atoms with Crippen LogP contribution in [0.3, 0.4) is 0 Å². The van der Waals surface area contributed by atoms with Crippen LogP contribution in [0, 0.1) is 0 Å². The predicted octanol–water partition coefficient (Wildman–Crippen LogP) is 1.77. The van der Waals surface area contributed by atoms with Crippen molar-refractivity contribution in [1.29, 1.82) is 0 Å². The summed E-state index contributed by atoms with van der Waals surface area (Å²) in [5.74, 6) is 0. The topological polar surface area (TPSA) is 41.6 Å². The van der Waals surface area contributed by atoms with Gasteiger partial charge in [-0.15, -0.1) is 0 Å². The quantitative estimate of drug-likeness (QED) is 0.693. The molecule has 0 aromatic rings. The summed E-state index contributed by atoms with van der Waals surface area (Å²) >= 11 is 0. The predicted molar refractivity (Wildman–Crippen MR) is 64.4 cm³/mol. The first-order valence-corrected chi connectivity index (χ1v) is 5.66. The molecule has 1 fully saturated rings. The molecule has 1 atom stereocenters. The largest absolute Gasteiger partial charge is 0.444 e. The molecule has 0 spiro atoms. The number of nitrogens with zero attached hydrogens (tertiary/aromatic N) is 1. The van der Waals surface area contributed by atoms with Crippen molar-refractivity contribution in [2.45, 2.75) is 39.3 Å². The van der Waals surface area contributed by atoms with Gasteiger partial charge in [0, 0.05) is 25.7 Å². The Morgan fingerprint density at radius 3 is 2.62 bits per heavy atom. The minimum atomic E-state index is -0.430. The molecule has 1 aliphatic heterocycles. The number of hydrogen-bond acceptors (Lipinski definition) is 3. The molecule has 16 heavy (non-hydrogen) atoms. The fourth-order valence-electron chi connectivity index (χ4n) is 1.57. The van der Waals surface area contributed by atoms with Crippen LogP contribution in [0.2, 0.25) is 0 Å². The zero-order valence-electron chi connectivity index (χ0n) is 10.7. The second-order valence-corrected chi connectivity index (χ2v) is 5.28. The Kier molecular flexibility index (Phi) is 3.97. The second kappa shape index (κ2) is 4.87. The summed E-state index contributed by atoms with van der Waals surface area (Å²) in [6.07, 6.45) is -0.236. The fraction of sp³-hybridized carbons (Fsp3) is 0.750. The molecule has 1 aliphatic rings. The van der Waals surface area contributed by atoms with E-state index in [2.05, 4.69) is 11.9 Å². The van der Waals surface area contributed by atoms with Crippen LogP contribution in [0.1, 0.15) is 27.7 Å². The third-order valence-electron chi connectivity index (χ3n) is 2.42. The SMILES string of the molecule is C=C(C)[C@H]1CN(C(=O)OC(C)(C)C)CCN1. The van der Waals surface area contributed by atoms with Gasteiger partial charge >= 0.3 is 6.09 Å². The van der Waals surface area contributed by atoms with Gasteiger partial charge in [-0.2, -0.15) is 0 Å². The van der Waals surface area contributed by atoms with Crippen LogP contribution >= 0.6 is 0 Å². The molecule has 4 nitrogen and oxygen atoms in total. The molecule has 92 valence electrons. The van der Waals surface area contributed by atoms with Crippen LogP contribution < -0.4 is 5.32 Å². The van der Waals surface area contributed by atoms with Gasteiger partial charge in [0.1, 0.15) is 5.60 Å². The maximum absolute atomic E-state index is 11.8. The van der Waals surface area contributed by atoms with E-state index in [-0.39, 0.29) is 12.1 Å². The summed E-state index contributed by atoms with van der Waals surface area (Å²) in [4.78, 5) is 13.6. The van der Waals surface area contributed by atoms with Crippen molar-refractivity contribution >= 4 is 6.09 Å². The average Bonchev–Trinajstić information content (AvgIpc) is 2.15. The fourth-order valence-corrected chi connectivity index (χ4v) is 1.57. The minimum Gasteiger partial charge on any atom is -0.444 e. The van der Waals surface area contributed by atoms with Crippen LogP contribution in [0.5, 0.6) is 0 Å². The van der Waals surface area contributed by atoms with Crippen molar-refractivity contribution < 1.29 is 9.53 Å². The van der Waals surface area contributed by atoms with Crippen molar-refractivity contribution in [2.24, 2.45) is 0 Å². The number of piperazine rings is 1. The second-order valence-electron chi connectivity index (χ2n) is 5.28. The summed E-state index contributed by atoms with van der Waals surface area (Å²) in [5, 5.41) is 3.32. The molecule has 4 heteroatoms. The highest BCUT2D eigenvalue weighted by Crippen LogP contribution is 2.13. The number of amides is 1. The van der Waals surface area contributed by atoms with Crippen LogP contribution in [0.15, 0.2) is 12.2 Å². The number of carbonyl (C=O) groups excluding carboxylic acids is 1. The minimum absolute atomic E-state index is 0.182. The van der Waals surface area contributed by atoms with Gasteiger partial charge in [0.25, 0.3) is 0 Å². The van der Waals surface area contributed by atoms with Crippen molar-refractivity contribution in [3.8, 4) is 0 Å². The summed E-state index contributed by atoms with van der Waals surface area (Å²) < 4.78 is 5.33. The zero-order chi connectivity index (χ0) is 12.3. The standard InChI is InChI=1S/C12H22N2O2/c1-9(2)10-8-14(7-6-13-10)11(15)16-12(3,4)5/h10,13H,1,6-8H2,2-5H3/t10-/m1/s1. The monoisotopic (exact) mass is 226 g/mol. The Morgan fingerprint density at radius 2 is 2.12 bits per heavy atom. The molecule has 1 N–H and O–H groups in total. The molecule has 1 rings (SSSR count). The molecule has 1 heterocycles. The summed E-state index contributed by atoms with van der Waals surface area (Å²) in [6.45, 7) is 13.6. The van der Waals surface area contributed by atoms with E-state index in [0.29, 0.717) is 13.1 Å². The normalized spacial score (nSPS) is 21.8. The molecular weight excluding hydrogens is 204 g/mol. The van der Waals surface area contributed by atoms with Gasteiger partial charge in [0.2, 0.25) is 0 Å². The van der Waals surface area contributed by atoms with Crippen LogP contribution in [-0.4, -0.2) is 42.3 Å². The molecule has 0 saturated carbocycles. The van der Waals surface area contributed by atoms with E-state index >= 15 is 0 Å². The third kappa shape index (κ3) is 3.85. The Hall–Kier alpha value is -1.03. The summed E-state index contributed by atoms with van der Waals surface area (Å²) in [7, 11) is 0. The Morgan fingerprint density at radius 1 is 1.50 bits per heavy atom. The molecule has 0 aromatic heterocycles. The van der Waals surface area contributed by atoms with Crippen molar-refractivity contribution in [3.05, 3.63) is 12.2 Å². The maximum atomic E-state index is 11.8. The number of hydrogen-bond donors (Lipinski definition) is 1. The van der Waals surface area contributed by atoms with E-state index in [0.717, 1.165) is 12.1 Å². The summed E-state index contributed by atoms with van der Waals surface area (Å²) in [5.41, 5.74) is 0.619. The maximum Gasteiger partial charge on any atom is 0.410 e. The highest BCUT2D eigenvalue weighted by atomic mass is 16.6. The highest BCUT2D eigenvalue weighted by Gasteiger charge is 2.27. The molecule has 1 amide bonds. The molecule has 0 bridgehead atoms. The van der Waals surface area contributed by atoms with Gasteiger partial charge in [-0.05, 0) is 27.7 Å². The lowest BCUT2D eigenvalue weighted by molar-refractivity contribution is 0.0207. The lowest BCUT2D eigenvalue weighted by Gasteiger charge is -2.35. The van der Waals surface area contributed by atoms with E-state index in [9.17, 15) is 4.79 Å². The molecule has 0 unspecified atom stereocenters. The zero-order valence-corrected chi connectivity index (χ0v) is 10.7. The van der Waals surface area contributed by atoms with E-state index in [4.69, 9.17) is 4.74 Å². The number of carbonyl (C=O) groups is 1. The van der Waals surface area contributed by atoms with Crippen molar-refractivity contribution in [1.82, 2.24) is 10.2 Å². The lowest BCUT2D eigenvalue weighted by atomic mass is 10.1. The van der Waals surface area contributed by atoms with Gasteiger partial charge in [0.15, 0.2) is 0 Å².